The number of rotatable bonds is 5. The van der Waals surface area contributed by atoms with E-state index in [-0.39, 0.29) is 5.56 Å². The minimum Gasteiger partial charge on any atom is -0.219 e. The molecule has 0 aromatic heterocycles. The molecule has 0 saturated heterocycles. The summed E-state index contributed by atoms with van der Waals surface area (Å²) in [6.07, 6.45) is 0. The topological polar surface area (TPSA) is 34.1 Å². The molecule has 0 unspecified atom stereocenters. The van der Waals surface area contributed by atoms with E-state index in [4.69, 9.17) is 0 Å². The molecule has 0 saturated carbocycles. The lowest BCUT2D eigenvalue weighted by molar-refractivity contribution is -0.0437. The normalized spacial score (nSPS) is 12.2. The van der Waals surface area contributed by atoms with Gasteiger partial charge < -0.3 is 0 Å². The largest absolute Gasteiger partial charge is 0.497 e. The van der Waals surface area contributed by atoms with Crippen molar-refractivity contribution < 1.29 is 21.6 Å². The zero-order valence-corrected chi connectivity index (χ0v) is 22.0. The Morgan fingerprint density at radius 3 is 1.40 bits per heavy atom. The summed E-state index contributed by atoms with van der Waals surface area (Å²) in [4.78, 5) is 0. The molecule has 0 bridgehead atoms. The third kappa shape index (κ3) is 4.54. The van der Waals surface area contributed by atoms with E-state index >= 15 is 0 Å². The van der Waals surface area contributed by atoms with Gasteiger partial charge in [-0.1, -0.05) is 121 Å². The van der Waals surface area contributed by atoms with Crippen LogP contribution in [0.25, 0.3) is 54.9 Å². The summed E-state index contributed by atoms with van der Waals surface area (Å²) in [5.41, 5.74) is -0.225. The summed E-state index contributed by atoms with van der Waals surface area (Å²) >= 11 is 0. The third-order valence-corrected chi connectivity index (χ3v) is 8.57. The van der Waals surface area contributed by atoms with Crippen molar-refractivity contribution in [1.82, 2.24) is 0 Å². The second-order valence-corrected chi connectivity index (χ2v) is 11.6. The average molecular weight is 553 g/mol. The Bertz CT molecular complexity index is 1910. The van der Waals surface area contributed by atoms with Gasteiger partial charge in [0.25, 0.3) is 9.84 Å². The van der Waals surface area contributed by atoms with Gasteiger partial charge in [-0.15, -0.1) is 0 Å². The van der Waals surface area contributed by atoms with Crippen LogP contribution in [0.1, 0.15) is 5.56 Å². The zero-order valence-electron chi connectivity index (χ0n) is 21.2. The van der Waals surface area contributed by atoms with E-state index in [0.717, 1.165) is 43.8 Å². The average Bonchev–Trinajstić information content (AvgIpc) is 2.96. The molecule has 0 fully saturated rings. The number of benzene rings is 6. The van der Waals surface area contributed by atoms with Crippen LogP contribution in [0.5, 0.6) is 0 Å². The maximum atomic E-state index is 13.3. The molecule has 6 heteroatoms. The second-order valence-electron chi connectivity index (χ2n) is 9.65. The van der Waals surface area contributed by atoms with Crippen molar-refractivity contribution in [3.63, 3.8) is 0 Å². The predicted octanol–water partition coefficient (Wildman–Crippen LogP) is 9.43. The van der Waals surface area contributed by atoms with E-state index in [1.807, 2.05) is 66.7 Å². The van der Waals surface area contributed by atoms with Crippen molar-refractivity contribution >= 4 is 31.4 Å². The fourth-order valence-electron chi connectivity index (χ4n) is 5.39. The van der Waals surface area contributed by atoms with Gasteiger partial charge in [0.05, 0.1) is 5.75 Å². The smallest absolute Gasteiger partial charge is 0.219 e. The quantitative estimate of drug-likeness (QED) is 0.200. The minimum absolute atomic E-state index is 0.0989. The van der Waals surface area contributed by atoms with Crippen LogP contribution in [0, 0.1) is 0 Å². The second kappa shape index (κ2) is 9.96. The van der Waals surface area contributed by atoms with E-state index in [1.54, 1.807) is 30.3 Å². The van der Waals surface area contributed by atoms with Gasteiger partial charge in [-0.2, -0.15) is 13.2 Å². The summed E-state index contributed by atoms with van der Waals surface area (Å²) in [7, 11) is -5.36. The Morgan fingerprint density at radius 1 is 0.500 bits per heavy atom. The van der Waals surface area contributed by atoms with Crippen LogP contribution in [0.15, 0.2) is 127 Å². The van der Waals surface area contributed by atoms with Crippen LogP contribution < -0.4 is 0 Å². The maximum Gasteiger partial charge on any atom is 0.497 e. The van der Waals surface area contributed by atoms with Crippen molar-refractivity contribution in [2.75, 3.05) is 0 Å². The molecule has 0 spiro atoms. The standard InChI is InChI=1S/C34H23F3O2S/c35-34(36,37)40(38,39)22-26-20-19-25(21-31(26)23-11-3-1-4-12-23)33-29-17-9-7-15-27(29)32(24-13-5-2-6-14-24)28-16-8-10-18-30(28)33/h1-21H,22H2. The molecule has 6 aromatic rings. The zero-order chi connectivity index (χ0) is 27.9. The first-order valence-corrected chi connectivity index (χ1v) is 14.4. The molecule has 40 heavy (non-hydrogen) atoms. The molecule has 198 valence electrons. The van der Waals surface area contributed by atoms with Crippen LogP contribution in [-0.4, -0.2) is 13.9 Å². The fraction of sp³-hybridized carbons (Fsp3) is 0.0588. The lowest BCUT2D eigenvalue weighted by atomic mass is 9.85. The maximum absolute atomic E-state index is 13.3. The lowest BCUT2D eigenvalue weighted by Crippen LogP contribution is -2.25. The molecular weight excluding hydrogens is 529 g/mol. The Balaban J connectivity index is 1.66. The highest BCUT2D eigenvalue weighted by Crippen LogP contribution is 2.44. The van der Waals surface area contributed by atoms with E-state index in [0.29, 0.717) is 11.1 Å². The molecule has 0 heterocycles. The molecule has 6 rings (SSSR count). The first-order chi connectivity index (χ1) is 19.2. The van der Waals surface area contributed by atoms with Crippen molar-refractivity contribution in [3.8, 4) is 33.4 Å². The van der Waals surface area contributed by atoms with Crippen molar-refractivity contribution in [1.29, 1.82) is 0 Å². The highest BCUT2D eigenvalue weighted by Gasteiger charge is 2.45. The van der Waals surface area contributed by atoms with E-state index in [2.05, 4.69) is 24.3 Å². The Labute approximate surface area is 230 Å². The van der Waals surface area contributed by atoms with Gasteiger partial charge in [0.15, 0.2) is 0 Å². The van der Waals surface area contributed by atoms with Crippen molar-refractivity contribution in [3.05, 3.63) is 133 Å². The molecule has 0 aliphatic heterocycles. The number of halogens is 3. The molecule has 2 nitrogen and oxygen atoms in total. The molecular formula is C34H23F3O2S. The summed E-state index contributed by atoms with van der Waals surface area (Å²) < 4.78 is 64.3. The number of sulfone groups is 1. The van der Waals surface area contributed by atoms with E-state index in [1.165, 1.54) is 6.07 Å². The molecule has 6 aromatic carbocycles. The fourth-order valence-corrected chi connectivity index (χ4v) is 6.21. The Hall–Kier alpha value is -4.42. The molecule has 0 amide bonds. The first kappa shape index (κ1) is 25.8. The van der Waals surface area contributed by atoms with Gasteiger partial charge in [0, 0.05) is 0 Å². The van der Waals surface area contributed by atoms with Gasteiger partial charge in [-0.25, -0.2) is 8.42 Å². The van der Waals surface area contributed by atoms with Crippen LogP contribution in [0.4, 0.5) is 13.2 Å². The van der Waals surface area contributed by atoms with E-state index in [9.17, 15) is 21.6 Å². The van der Waals surface area contributed by atoms with Crippen LogP contribution >= 0.6 is 0 Å². The van der Waals surface area contributed by atoms with Gasteiger partial charge >= 0.3 is 5.51 Å². The van der Waals surface area contributed by atoms with Crippen LogP contribution in [0.2, 0.25) is 0 Å². The highest BCUT2D eigenvalue weighted by molar-refractivity contribution is 7.91. The minimum atomic E-state index is -5.36. The summed E-state index contributed by atoms with van der Waals surface area (Å²) in [5, 5.41) is 4.09. The molecule has 0 aliphatic rings. The predicted molar refractivity (Wildman–Crippen MR) is 156 cm³/mol. The summed E-state index contributed by atoms with van der Waals surface area (Å²) in [5.74, 6) is -1.13. The van der Waals surface area contributed by atoms with Gasteiger partial charge in [0.1, 0.15) is 0 Å². The lowest BCUT2D eigenvalue weighted by Gasteiger charge is -2.19. The van der Waals surface area contributed by atoms with Gasteiger partial charge in [-0.05, 0) is 66.6 Å². The van der Waals surface area contributed by atoms with Crippen LogP contribution in [0.3, 0.4) is 0 Å². The summed E-state index contributed by atoms with van der Waals surface area (Å²) in [6, 6.07) is 40.3. The number of alkyl halides is 3. The monoisotopic (exact) mass is 552 g/mol. The first-order valence-electron chi connectivity index (χ1n) is 12.7. The van der Waals surface area contributed by atoms with Gasteiger partial charge in [-0.3, -0.25) is 0 Å². The third-order valence-electron chi connectivity index (χ3n) is 7.18. The molecule has 0 radical (unpaired) electrons. The van der Waals surface area contributed by atoms with E-state index < -0.39 is 21.1 Å². The molecule has 0 N–H and O–H groups in total. The van der Waals surface area contributed by atoms with Crippen molar-refractivity contribution in [2.24, 2.45) is 0 Å². The SMILES string of the molecule is O=S(=O)(Cc1ccc(-c2c3ccccc3c(-c3ccccc3)c3ccccc23)cc1-c1ccccc1)C(F)(F)F. The number of hydrogen-bond donors (Lipinski definition) is 0. The Morgan fingerprint density at radius 2 is 0.925 bits per heavy atom. The molecule has 0 atom stereocenters. The molecule has 0 aliphatic carbocycles. The van der Waals surface area contributed by atoms with Gasteiger partial charge in [0.2, 0.25) is 0 Å². The summed E-state index contributed by atoms with van der Waals surface area (Å²) in [6.45, 7) is 0. The number of fused-ring (bicyclic) bond motifs is 2. The van der Waals surface area contributed by atoms with Crippen LogP contribution in [-0.2, 0) is 15.6 Å². The highest BCUT2D eigenvalue weighted by atomic mass is 32.2. The Kier molecular flexibility index (Phi) is 6.43. The van der Waals surface area contributed by atoms with Crippen molar-refractivity contribution in [2.45, 2.75) is 11.3 Å². The number of hydrogen-bond acceptors (Lipinski definition) is 2.